The Morgan fingerprint density at radius 3 is 2.53 bits per heavy atom. The highest BCUT2D eigenvalue weighted by Gasteiger charge is 2.33. The maximum Gasteiger partial charge on any atom is 0.246 e. The SMILES string of the molecule is CCN(C(=O)/C=C/c1cn(-c2ccccc2)nc1-c1ccc(F)cc1)C1CCS(=O)(=O)C1. The van der Waals surface area contributed by atoms with Gasteiger partial charge in [-0.1, -0.05) is 18.2 Å². The number of halogens is 1. The summed E-state index contributed by atoms with van der Waals surface area (Å²) < 4.78 is 38.8. The third-order valence-electron chi connectivity index (χ3n) is 5.56. The maximum atomic E-state index is 13.4. The van der Waals surface area contributed by atoms with Crippen molar-refractivity contribution < 1.29 is 17.6 Å². The van der Waals surface area contributed by atoms with Crippen LogP contribution in [0, 0.1) is 5.82 Å². The fraction of sp³-hybridized carbons (Fsp3) is 0.250. The molecule has 166 valence electrons. The lowest BCUT2D eigenvalue weighted by Crippen LogP contribution is -2.40. The third kappa shape index (κ3) is 4.80. The van der Waals surface area contributed by atoms with Gasteiger partial charge in [0.15, 0.2) is 9.84 Å². The summed E-state index contributed by atoms with van der Waals surface area (Å²) in [6, 6.07) is 15.3. The number of sulfone groups is 1. The van der Waals surface area contributed by atoms with Crippen molar-refractivity contribution in [3.63, 3.8) is 0 Å². The third-order valence-corrected chi connectivity index (χ3v) is 7.31. The molecule has 4 rings (SSSR count). The quantitative estimate of drug-likeness (QED) is 0.533. The van der Waals surface area contributed by atoms with Gasteiger partial charge in [0.1, 0.15) is 5.82 Å². The minimum Gasteiger partial charge on any atom is -0.335 e. The number of carbonyl (C=O) groups excluding carboxylic acids is 1. The van der Waals surface area contributed by atoms with Crippen molar-refractivity contribution in [3.8, 4) is 16.9 Å². The smallest absolute Gasteiger partial charge is 0.246 e. The molecule has 0 bridgehead atoms. The first-order valence-electron chi connectivity index (χ1n) is 10.5. The van der Waals surface area contributed by atoms with Gasteiger partial charge in [-0.15, -0.1) is 0 Å². The van der Waals surface area contributed by atoms with Crippen LogP contribution < -0.4 is 0 Å². The Bertz CT molecular complexity index is 1240. The fourth-order valence-corrected chi connectivity index (χ4v) is 5.66. The molecule has 0 N–H and O–H groups in total. The summed E-state index contributed by atoms with van der Waals surface area (Å²) in [6.45, 7) is 2.27. The van der Waals surface area contributed by atoms with Crippen molar-refractivity contribution in [2.24, 2.45) is 0 Å². The van der Waals surface area contributed by atoms with Crippen molar-refractivity contribution in [2.75, 3.05) is 18.1 Å². The summed E-state index contributed by atoms with van der Waals surface area (Å²) in [6.07, 6.45) is 5.41. The largest absolute Gasteiger partial charge is 0.335 e. The van der Waals surface area contributed by atoms with Crippen molar-refractivity contribution in [1.29, 1.82) is 0 Å². The molecule has 2 heterocycles. The van der Waals surface area contributed by atoms with E-state index in [1.54, 1.807) is 27.8 Å². The Hall–Kier alpha value is -3.26. The zero-order chi connectivity index (χ0) is 22.7. The fourth-order valence-electron chi connectivity index (χ4n) is 3.93. The van der Waals surface area contributed by atoms with E-state index < -0.39 is 9.84 Å². The van der Waals surface area contributed by atoms with Crippen molar-refractivity contribution in [2.45, 2.75) is 19.4 Å². The van der Waals surface area contributed by atoms with E-state index in [4.69, 9.17) is 0 Å². The van der Waals surface area contributed by atoms with Crippen LogP contribution in [-0.4, -0.2) is 53.1 Å². The zero-order valence-corrected chi connectivity index (χ0v) is 18.5. The summed E-state index contributed by atoms with van der Waals surface area (Å²) >= 11 is 0. The predicted octanol–water partition coefficient (Wildman–Crippen LogP) is 3.73. The molecule has 1 aromatic heterocycles. The van der Waals surface area contributed by atoms with Gasteiger partial charge in [-0.25, -0.2) is 17.5 Å². The van der Waals surface area contributed by atoms with E-state index in [-0.39, 0.29) is 29.3 Å². The summed E-state index contributed by atoms with van der Waals surface area (Å²) in [5, 5.41) is 4.66. The maximum absolute atomic E-state index is 13.4. The number of hydrogen-bond acceptors (Lipinski definition) is 4. The molecule has 6 nitrogen and oxygen atoms in total. The predicted molar refractivity (Wildman–Crippen MR) is 122 cm³/mol. The number of aromatic nitrogens is 2. The van der Waals surface area contributed by atoms with Crippen LogP contribution in [0.25, 0.3) is 23.0 Å². The molecular weight excluding hydrogens is 429 g/mol. The van der Waals surface area contributed by atoms with Crippen LogP contribution in [0.5, 0.6) is 0 Å². The van der Waals surface area contributed by atoms with Crippen molar-refractivity contribution >= 4 is 21.8 Å². The number of likely N-dealkylation sites (N-methyl/N-ethyl adjacent to an activating group) is 1. The van der Waals surface area contributed by atoms with Crippen LogP contribution in [0.1, 0.15) is 18.9 Å². The molecule has 1 saturated heterocycles. The molecule has 3 aromatic rings. The standard InChI is InChI=1S/C24H24FN3O3S/c1-2-27(22-14-15-32(30,31)17-22)23(29)13-10-19-16-28(21-6-4-3-5-7-21)26-24(19)18-8-11-20(25)12-9-18/h3-13,16,22H,2,14-15,17H2,1H3/b13-10+. The van der Waals surface area contributed by atoms with E-state index in [0.29, 0.717) is 24.2 Å². The van der Waals surface area contributed by atoms with Gasteiger partial charge in [0.2, 0.25) is 5.91 Å². The van der Waals surface area contributed by atoms with Crippen LogP contribution in [0.4, 0.5) is 4.39 Å². The average molecular weight is 454 g/mol. The van der Waals surface area contributed by atoms with Crippen molar-refractivity contribution in [3.05, 3.63) is 78.3 Å². The van der Waals surface area contributed by atoms with Crippen molar-refractivity contribution in [1.82, 2.24) is 14.7 Å². The second kappa shape index (κ2) is 9.08. The topological polar surface area (TPSA) is 72.3 Å². The van der Waals surface area contributed by atoms with Crippen LogP contribution >= 0.6 is 0 Å². The molecule has 1 aliphatic rings. The molecule has 0 radical (unpaired) electrons. The molecule has 1 fully saturated rings. The Kier molecular flexibility index (Phi) is 6.23. The van der Waals surface area contributed by atoms with E-state index in [2.05, 4.69) is 5.10 Å². The van der Waals surface area contributed by atoms with E-state index in [1.807, 2.05) is 43.5 Å². The van der Waals surface area contributed by atoms with E-state index in [0.717, 1.165) is 11.3 Å². The monoisotopic (exact) mass is 453 g/mol. The minimum atomic E-state index is -3.09. The van der Waals surface area contributed by atoms with Crippen LogP contribution in [0.15, 0.2) is 66.9 Å². The second-order valence-electron chi connectivity index (χ2n) is 7.73. The lowest BCUT2D eigenvalue weighted by molar-refractivity contribution is -0.127. The van der Waals surface area contributed by atoms with Crippen LogP contribution in [0.3, 0.4) is 0 Å². The van der Waals surface area contributed by atoms with E-state index >= 15 is 0 Å². The Balaban J connectivity index is 1.65. The number of amides is 1. The summed E-state index contributed by atoms with van der Waals surface area (Å²) in [5.74, 6) is -0.461. The Labute approximate surface area is 186 Å². The zero-order valence-electron chi connectivity index (χ0n) is 17.7. The summed E-state index contributed by atoms with van der Waals surface area (Å²) in [4.78, 5) is 14.5. The second-order valence-corrected chi connectivity index (χ2v) is 9.96. The van der Waals surface area contributed by atoms with Gasteiger partial charge in [-0.2, -0.15) is 5.10 Å². The van der Waals surface area contributed by atoms with Gasteiger partial charge < -0.3 is 4.90 Å². The number of benzene rings is 2. The normalized spacial score (nSPS) is 17.6. The van der Waals surface area contributed by atoms with Gasteiger partial charge in [0.25, 0.3) is 0 Å². The molecular formula is C24H24FN3O3S. The number of hydrogen-bond donors (Lipinski definition) is 0. The first kappa shape index (κ1) is 22.0. The highest BCUT2D eigenvalue weighted by Crippen LogP contribution is 2.26. The van der Waals surface area contributed by atoms with E-state index in [9.17, 15) is 17.6 Å². The molecule has 0 spiro atoms. The molecule has 0 saturated carbocycles. The highest BCUT2D eigenvalue weighted by molar-refractivity contribution is 7.91. The number of carbonyl (C=O) groups is 1. The molecule has 1 amide bonds. The minimum absolute atomic E-state index is 0.00713. The van der Waals surface area contributed by atoms with Gasteiger partial charge in [-0.05, 0) is 55.8 Å². The molecule has 1 aliphatic heterocycles. The van der Waals surface area contributed by atoms with Crippen LogP contribution in [-0.2, 0) is 14.6 Å². The van der Waals surface area contributed by atoms with Gasteiger partial charge in [0, 0.05) is 36.0 Å². The average Bonchev–Trinajstić information content (AvgIpc) is 3.37. The first-order valence-corrected chi connectivity index (χ1v) is 12.3. The van der Waals surface area contributed by atoms with E-state index in [1.165, 1.54) is 18.2 Å². The molecule has 1 unspecified atom stereocenters. The summed E-state index contributed by atoms with van der Waals surface area (Å²) in [7, 11) is -3.09. The number of para-hydroxylation sites is 1. The van der Waals surface area contributed by atoms with Crippen LogP contribution in [0.2, 0.25) is 0 Å². The van der Waals surface area contributed by atoms with Gasteiger partial charge in [-0.3, -0.25) is 4.79 Å². The number of rotatable bonds is 6. The molecule has 0 aliphatic carbocycles. The highest BCUT2D eigenvalue weighted by atomic mass is 32.2. The number of nitrogens with zero attached hydrogens (tertiary/aromatic N) is 3. The molecule has 1 atom stereocenters. The van der Waals surface area contributed by atoms with Gasteiger partial charge >= 0.3 is 0 Å². The summed E-state index contributed by atoms with van der Waals surface area (Å²) in [5.41, 5.74) is 2.89. The Morgan fingerprint density at radius 2 is 1.91 bits per heavy atom. The molecule has 32 heavy (non-hydrogen) atoms. The lowest BCUT2D eigenvalue weighted by Gasteiger charge is -2.25. The molecule has 8 heteroatoms. The lowest BCUT2D eigenvalue weighted by atomic mass is 10.1. The molecule has 2 aromatic carbocycles. The first-order chi connectivity index (χ1) is 15.4. The van der Waals surface area contributed by atoms with Gasteiger partial charge in [0.05, 0.1) is 22.9 Å². The Morgan fingerprint density at radius 1 is 1.19 bits per heavy atom.